The van der Waals surface area contributed by atoms with E-state index in [-0.39, 0.29) is 0 Å². The van der Waals surface area contributed by atoms with Crippen molar-refractivity contribution in [2.75, 3.05) is 5.32 Å². The van der Waals surface area contributed by atoms with Crippen LogP contribution in [0.2, 0.25) is 0 Å². The third kappa shape index (κ3) is 2.46. The molecule has 5 heteroatoms. The number of nitrogens with zero attached hydrogens (tertiary/aromatic N) is 3. The Morgan fingerprint density at radius 1 is 1.15 bits per heavy atom. The van der Waals surface area contributed by atoms with Crippen LogP contribution in [0.4, 0.5) is 10.9 Å². The number of nitrogens with one attached hydrogen (secondary N) is 1. The van der Waals surface area contributed by atoms with Gasteiger partial charge in [-0.3, -0.25) is 0 Å². The number of benzene rings is 1. The van der Waals surface area contributed by atoms with Crippen LogP contribution >= 0.6 is 11.3 Å². The zero-order chi connectivity index (χ0) is 14.1. The second-order valence-corrected chi connectivity index (χ2v) is 5.64. The fourth-order valence-electron chi connectivity index (χ4n) is 1.99. The molecule has 0 aliphatic heterocycles. The van der Waals surface area contributed by atoms with Crippen LogP contribution in [0.15, 0.2) is 30.3 Å². The van der Waals surface area contributed by atoms with Crippen molar-refractivity contribution in [3.05, 3.63) is 47.2 Å². The Labute approximate surface area is 120 Å². The number of thiazole rings is 1. The predicted molar refractivity (Wildman–Crippen MR) is 81.3 cm³/mol. The molecule has 0 fully saturated rings. The van der Waals surface area contributed by atoms with Crippen LogP contribution in [-0.4, -0.2) is 9.97 Å². The van der Waals surface area contributed by atoms with Gasteiger partial charge in [0.1, 0.15) is 5.82 Å². The molecule has 4 nitrogen and oxygen atoms in total. The third-order valence-electron chi connectivity index (χ3n) is 2.86. The van der Waals surface area contributed by atoms with Gasteiger partial charge < -0.3 is 5.32 Å². The van der Waals surface area contributed by atoms with Crippen molar-refractivity contribution in [3.8, 4) is 6.07 Å². The number of aromatic nitrogens is 2. The molecule has 0 aliphatic carbocycles. The molecule has 0 aliphatic rings. The van der Waals surface area contributed by atoms with Gasteiger partial charge >= 0.3 is 0 Å². The summed E-state index contributed by atoms with van der Waals surface area (Å²) in [6.45, 7) is 3.93. The molecule has 3 aromatic rings. The molecular weight excluding hydrogens is 268 g/mol. The molecule has 1 N–H and O–H groups in total. The van der Waals surface area contributed by atoms with E-state index in [4.69, 9.17) is 5.26 Å². The number of nitriles is 1. The van der Waals surface area contributed by atoms with E-state index >= 15 is 0 Å². The van der Waals surface area contributed by atoms with Crippen molar-refractivity contribution < 1.29 is 0 Å². The molecule has 0 saturated carbocycles. The van der Waals surface area contributed by atoms with Gasteiger partial charge in [-0.1, -0.05) is 17.4 Å². The maximum absolute atomic E-state index is 8.98. The van der Waals surface area contributed by atoms with E-state index in [1.807, 2.05) is 19.1 Å². The van der Waals surface area contributed by atoms with Gasteiger partial charge in [0.2, 0.25) is 0 Å². The minimum Gasteiger partial charge on any atom is -0.316 e. The molecule has 0 radical (unpaired) electrons. The topological polar surface area (TPSA) is 61.6 Å². The number of aryl methyl sites for hydroxylation is 2. The van der Waals surface area contributed by atoms with Gasteiger partial charge in [0.05, 0.1) is 21.8 Å². The highest BCUT2D eigenvalue weighted by Crippen LogP contribution is 2.28. The summed E-state index contributed by atoms with van der Waals surface area (Å²) in [5, 5.41) is 12.9. The van der Waals surface area contributed by atoms with Crippen LogP contribution in [0.25, 0.3) is 10.2 Å². The number of rotatable bonds is 2. The van der Waals surface area contributed by atoms with E-state index in [2.05, 4.69) is 34.3 Å². The molecule has 0 amide bonds. The van der Waals surface area contributed by atoms with Gasteiger partial charge in [0, 0.05) is 5.69 Å². The van der Waals surface area contributed by atoms with Gasteiger partial charge in [0.15, 0.2) is 5.13 Å². The first-order valence-corrected chi connectivity index (χ1v) is 6.99. The average molecular weight is 280 g/mol. The lowest BCUT2D eigenvalue weighted by atomic mass is 10.2. The molecule has 2 aromatic heterocycles. The Kier molecular flexibility index (Phi) is 3.09. The molecule has 2 heterocycles. The fraction of sp³-hybridized carbons (Fsp3) is 0.133. The lowest BCUT2D eigenvalue weighted by Crippen LogP contribution is -1.95. The standard InChI is InChI=1S/C15H12N4S/c1-9-3-4-12-13(5-9)20-15(18-12)19-14-7-11(8-16)6-10(2)17-14/h3-7H,1-2H3,(H,17,18,19). The van der Waals surface area contributed by atoms with Crippen molar-refractivity contribution in [2.45, 2.75) is 13.8 Å². The van der Waals surface area contributed by atoms with E-state index in [0.717, 1.165) is 21.0 Å². The highest BCUT2D eigenvalue weighted by atomic mass is 32.1. The van der Waals surface area contributed by atoms with E-state index in [1.165, 1.54) is 5.56 Å². The van der Waals surface area contributed by atoms with Crippen LogP contribution in [0.3, 0.4) is 0 Å². The van der Waals surface area contributed by atoms with Gasteiger partial charge in [-0.05, 0) is 43.7 Å². The first-order chi connectivity index (χ1) is 9.64. The van der Waals surface area contributed by atoms with Crippen molar-refractivity contribution in [1.29, 1.82) is 5.26 Å². The molecular formula is C15H12N4S. The van der Waals surface area contributed by atoms with Crippen molar-refractivity contribution in [1.82, 2.24) is 9.97 Å². The van der Waals surface area contributed by atoms with Gasteiger partial charge in [-0.2, -0.15) is 5.26 Å². The molecule has 0 bridgehead atoms. The molecule has 0 unspecified atom stereocenters. The van der Waals surface area contributed by atoms with E-state index in [1.54, 1.807) is 23.5 Å². The summed E-state index contributed by atoms with van der Waals surface area (Å²) in [4.78, 5) is 8.89. The van der Waals surface area contributed by atoms with E-state index < -0.39 is 0 Å². The average Bonchev–Trinajstić information content (AvgIpc) is 2.79. The number of hydrogen-bond acceptors (Lipinski definition) is 5. The Morgan fingerprint density at radius 2 is 2.00 bits per heavy atom. The highest BCUT2D eigenvalue weighted by molar-refractivity contribution is 7.22. The highest BCUT2D eigenvalue weighted by Gasteiger charge is 2.06. The molecule has 20 heavy (non-hydrogen) atoms. The summed E-state index contributed by atoms with van der Waals surface area (Å²) in [6, 6.07) is 11.8. The van der Waals surface area contributed by atoms with Crippen molar-refractivity contribution in [3.63, 3.8) is 0 Å². The summed E-state index contributed by atoms with van der Waals surface area (Å²) in [6.07, 6.45) is 0. The molecule has 0 spiro atoms. The Hall–Kier alpha value is -2.45. The number of anilines is 2. The lowest BCUT2D eigenvalue weighted by Gasteiger charge is -2.03. The van der Waals surface area contributed by atoms with Crippen molar-refractivity contribution >= 4 is 32.5 Å². The van der Waals surface area contributed by atoms with Crippen LogP contribution < -0.4 is 5.32 Å². The van der Waals surface area contributed by atoms with Gasteiger partial charge in [0.25, 0.3) is 0 Å². The zero-order valence-corrected chi connectivity index (χ0v) is 12.0. The van der Waals surface area contributed by atoms with Crippen molar-refractivity contribution in [2.24, 2.45) is 0 Å². The van der Waals surface area contributed by atoms with Crippen LogP contribution in [0.5, 0.6) is 0 Å². The lowest BCUT2D eigenvalue weighted by molar-refractivity contribution is 1.19. The zero-order valence-electron chi connectivity index (χ0n) is 11.1. The van der Waals surface area contributed by atoms with Gasteiger partial charge in [-0.15, -0.1) is 0 Å². The second kappa shape index (κ2) is 4.91. The summed E-state index contributed by atoms with van der Waals surface area (Å²) in [5.41, 5.74) is 3.59. The minimum absolute atomic E-state index is 0.594. The monoisotopic (exact) mass is 280 g/mol. The molecule has 98 valence electrons. The molecule has 0 atom stereocenters. The summed E-state index contributed by atoms with van der Waals surface area (Å²) >= 11 is 1.58. The summed E-state index contributed by atoms with van der Waals surface area (Å²) in [7, 11) is 0. The first-order valence-electron chi connectivity index (χ1n) is 6.17. The fourth-order valence-corrected chi connectivity index (χ4v) is 2.96. The number of hydrogen-bond donors (Lipinski definition) is 1. The normalized spacial score (nSPS) is 10.4. The number of pyridine rings is 1. The minimum atomic E-state index is 0.594. The molecule has 0 saturated heterocycles. The molecule has 1 aromatic carbocycles. The SMILES string of the molecule is Cc1ccc2nc(Nc3cc(C#N)cc(C)n3)sc2c1. The second-order valence-electron chi connectivity index (χ2n) is 4.61. The number of fused-ring (bicyclic) bond motifs is 1. The molecule has 3 rings (SSSR count). The smallest absolute Gasteiger partial charge is 0.189 e. The first kappa shape index (κ1) is 12.6. The van der Waals surface area contributed by atoms with Crippen LogP contribution in [-0.2, 0) is 0 Å². The van der Waals surface area contributed by atoms with Crippen LogP contribution in [0.1, 0.15) is 16.8 Å². The van der Waals surface area contributed by atoms with E-state index in [0.29, 0.717) is 11.4 Å². The quantitative estimate of drug-likeness (QED) is 0.772. The van der Waals surface area contributed by atoms with Gasteiger partial charge in [-0.25, -0.2) is 9.97 Å². The summed E-state index contributed by atoms with van der Waals surface area (Å²) in [5.74, 6) is 0.650. The Morgan fingerprint density at radius 3 is 2.80 bits per heavy atom. The maximum Gasteiger partial charge on any atom is 0.189 e. The Bertz CT molecular complexity index is 829. The maximum atomic E-state index is 8.98. The Balaban J connectivity index is 1.97. The third-order valence-corrected chi connectivity index (χ3v) is 3.80. The predicted octanol–water partition coefficient (Wildman–Crippen LogP) is 3.92. The summed E-state index contributed by atoms with van der Waals surface area (Å²) < 4.78 is 1.14. The van der Waals surface area contributed by atoms with E-state index in [9.17, 15) is 0 Å². The largest absolute Gasteiger partial charge is 0.316 e. The van der Waals surface area contributed by atoms with Crippen LogP contribution in [0, 0.1) is 25.2 Å².